The number of nitrogens with zero attached hydrogens (tertiary/aromatic N) is 1. The van der Waals surface area contributed by atoms with Crippen LogP contribution in [0.1, 0.15) is 18.1 Å². The Morgan fingerprint density at radius 1 is 1.25 bits per heavy atom. The normalized spacial score (nSPS) is 10.6. The van der Waals surface area contributed by atoms with Gasteiger partial charge >= 0.3 is 6.03 Å². The van der Waals surface area contributed by atoms with Gasteiger partial charge in [-0.3, -0.25) is 0 Å². The highest BCUT2D eigenvalue weighted by atomic mass is 19.1. The van der Waals surface area contributed by atoms with E-state index in [-0.39, 0.29) is 12.4 Å². The molecule has 0 atom stereocenters. The number of benzene rings is 2. The minimum absolute atomic E-state index is 0.0867. The fourth-order valence-electron chi connectivity index (χ4n) is 1.93. The molecule has 24 heavy (non-hydrogen) atoms. The van der Waals surface area contributed by atoms with Gasteiger partial charge in [0.2, 0.25) is 0 Å². The fraction of sp³-hybridized carbons (Fsp3) is 0.176. The van der Waals surface area contributed by atoms with Gasteiger partial charge in [-0.25, -0.2) is 14.6 Å². The van der Waals surface area contributed by atoms with Crippen molar-refractivity contribution in [2.75, 3.05) is 6.61 Å². The SMILES string of the molecule is CCOc1cc(/C=N/NC(N)=O)ccc1OCc1ccccc1F. The van der Waals surface area contributed by atoms with Crippen molar-refractivity contribution in [3.05, 3.63) is 59.4 Å². The molecule has 0 unspecified atom stereocenters. The summed E-state index contributed by atoms with van der Waals surface area (Å²) in [6.45, 7) is 2.37. The van der Waals surface area contributed by atoms with Crippen LogP contribution in [0.15, 0.2) is 47.6 Å². The fourth-order valence-corrected chi connectivity index (χ4v) is 1.93. The molecular formula is C17H18FN3O3. The van der Waals surface area contributed by atoms with Gasteiger partial charge in [0.25, 0.3) is 0 Å². The number of carbonyl (C=O) groups is 1. The van der Waals surface area contributed by atoms with Crippen molar-refractivity contribution in [3.8, 4) is 11.5 Å². The highest BCUT2D eigenvalue weighted by Crippen LogP contribution is 2.29. The van der Waals surface area contributed by atoms with Crippen molar-refractivity contribution >= 4 is 12.2 Å². The maximum absolute atomic E-state index is 13.6. The van der Waals surface area contributed by atoms with E-state index in [1.54, 1.807) is 36.4 Å². The molecule has 3 N–H and O–H groups in total. The Hall–Kier alpha value is -3.09. The Balaban J connectivity index is 2.12. The van der Waals surface area contributed by atoms with Crippen LogP contribution in [0, 0.1) is 5.82 Å². The average molecular weight is 331 g/mol. The van der Waals surface area contributed by atoms with E-state index in [2.05, 4.69) is 10.5 Å². The number of primary amides is 1. The van der Waals surface area contributed by atoms with Crippen LogP contribution in [0.25, 0.3) is 0 Å². The first kappa shape index (κ1) is 17.3. The first-order valence-corrected chi connectivity index (χ1v) is 7.31. The molecule has 0 fully saturated rings. The summed E-state index contributed by atoms with van der Waals surface area (Å²) in [5.74, 6) is 0.661. The lowest BCUT2D eigenvalue weighted by Gasteiger charge is -2.13. The van der Waals surface area contributed by atoms with E-state index in [0.717, 1.165) is 0 Å². The van der Waals surface area contributed by atoms with Crippen LogP contribution in [0.5, 0.6) is 11.5 Å². The second-order valence-corrected chi connectivity index (χ2v) is 4.75. The third kappa shape index (κ3) is 4.98. The predicted octanol–water partition coefficient (Wildman–Crippen LogP) is 2.81. The number of hydrazone groups is 1. The smallest absolute Gasteiger partial charge is 0.332 e. The molecule has 7 heteroatoms. The van der Waals surface area contributed by atoms with Crippen LogP contribution in [0.4, 0.5) is 9.18 Å². The summed E-state index contributed by atoms with van der Waals surface area (Å²) < 4.78 is 24.8. The van der Waals surface area contributed by atoms with Gasteiger partial charge in [0.05, 0.1) is 12.8 Å². The van der Waals surface area contributed by atoms with E-state index in [4.69, 9.17) is 15.2 Å². The van der Waals surface area contributed by atoms with E-state index in [1.807, 2.05) is 6.92 Å². The molecule has 2 rings (SSSR count). The number of ether oxygens (including phenoxy) is 2. The summed E-state index contributed by atoms with van der Waals surface area (Å²) in [5, 5.41) is 3.68. The zero-order chi connectivity index (χ0) is 17.4. The molecule has 0 bridgehead atoms. The van der Waals surface area contributed by atoms with E-state index in [1.165, 1.54) is 12.3 Å². The van der Waals surface area contributed by atoms with Gasteiger partial charge in [-0.1, -0.05) is 18.2 Å². The number of urea groups is 1. The topological polar surface area (TPSA) is 85.9 Å². The van der Waals surface area contributed by atoms with E-state index in [9.17, 15) is 9.18 Å². The van der Waals surface area contributed by atoms with Crippen LogP contribution >= 0.6 is 0 Å². The summed E-state index contributed by atoms with van der Waals surface area (Å²) in [7, 11) is 0. The summed E-state index contributed by atoms with van der Waals surface area (Å²) in [4.78, 5) is 10.6. The standard InChI is InChI=1S/C17H18FN3O3/c1-2-23-16-9-12(10-20-21-17(19)22)7-8-15(16)24-11-13-5-3-4-6-14(13)18/h3-10H,2,11H2,1H3,(H3,19,21,22)/b20-10+. The van der Waals surface area contributed by atoms with Crippen LogP contribution in [-0.4, -0.2) is 18.9 Å². The lowest BCUT2D eigenvalue weighted by Crippen LogP contribution is -2.24. The minimum atomic E-state index is -0.749. The zero-order valence-electron chi connectivity index (χ0n) is 13.2. The summed E-state index contributed by atoms with van der Waals surface area (Å²) in [5.41, 5.74) is 8.17. The maximum atomic E-state index is 13.6. The third-order valence-corrected chi connectivity index (χ3v) is 3.00. The largest absolute Gasteiger partial charge is 0.490 e. The molecule has 0 aliphatic heterocycles. The number of nitrogens with two attached hydrogens (primary N) is 1. The Kier molecular flexibility index (Phi) is 6.13. The van der Waals surface area contributed by atoms with Gasteiger partial charge in [0.15, 0.2) is 11.5 Å². The Morgan fingerprint density at radius 3 is 2.75 bits per heavy atom. The van der Waals surface area contributed by atoms with Crippen molar-refractivity contribution < 1.29 is 18.7 Å². The molecule has 6 nitrogen and oxygen atoms in total. The molecule has 126 valence electrons. The van der Waals surface area contributed by atoms with Crippen molar-refractivity contribution in [3.63, 3.8) is 0 Å². The molecule has 0 spiro atoms. The highest BCUT2D eigenvalue weighted by Gasteiger charge is 2.08. The number of halogens is 1. The van der Waals surface area contributed by atoms with Gasteiger partial charge < -0.3 is 15.2 Å². The number of hydrogen-bond acceptors (Lipinski definition) is 4. The van der Waals surface area contributed by atoms with Crippen LogP contribution in [-0.2, 0) is 6.61 Å². The molecular weight excluding hydrogens is 313 g/mol. The first-order valence-electron chi connectivity index (χ1n) is 7.31. The maximum Gasteiger partial charge on any atom is 0.332 e. The second-order valence-electron chi connectivity index (χ2n) is 4.75. The summed E-state index contributed by atoms with van der Waals surface area (Å²) in [6.07, 6.45) is 1.42. The number of hydrogen-bond donors (Lipinski definition) is 2. The minimum Gasteiger partial charge on any atom is -0.490 e. The van der Waals surface area contributed by atoms with Gasteiger partial charge in [0.1, 0.15) is 12.4 Å². The van der Waals surface area contributed by atoms with E-state index < -0.39 is 6.03 Å². The van der Waals surface area contributed by atoms with Crippen LogP contribution in [0.2, 0.25) is 0 Å². The monoisotopic (exact) mass is 331 g/mol. The third-order valence-electron chi connectivity index (χ3n) is 3.00. The van der Waals surface area contributed by atoms with E-state index in [0.29, 0.717) is 29.2 Å². The number of rotatable bonds is 7. The van der Waals surface area contributed by atoms with Crippen molar-refractivity contribution in [2.45, 2.75) is 13.5 Å². The Morgan fingerprint density at radius 2 is 2.04 bits per heavy atom. The molecule has 0 heterocycles. The molecule has 0 saturated heterocycles. The van der Waals surface area contributed by atoms with Crippen molar-refractivity contribution in [1.82, 2.24) is 5.43 Å². The lowest BCUT2D eigenvalue weighted by molar-refractivity contribution is 0.249. The van der Waals surface area contributed by atoms with Crippen molar-refractivity contribution in [2.24, 2.45) is 10.8 Å². The molecule has 0 radical (unpaired) electrons. The lowest BCUT2D eigenvalue weighted by atomic mass is 10.2. The van der Waals surface area contributed by atoms with E-state index >= 15 is 0 Å². The summed E-state index contributed by atoms with van der Waals surface area (Å²) in [6, 6.07) is 10.8. The quantitative estimate of drug-likeness (QED) is 0.604. The first-order chi connectivity index (χ1) is 11.6. The predicted molar refractivity (Wildman–Crippen MR) is 88.7 cm³/mol. The van der Waals surface area contributed by atoms with Gasteiger partial charge in [0, 0.05) is 5.56 Å². The van der Waals surface area contributed by atoms with Gasteiger partial charge in [-0.15, -0.1) is 0 Å². The number of carbonyl (C=O) groups excluding carboxylic acids is 1. The van der Waals surface area contributed by atoms with Crippen LogP contribution in [0.3, 0.4) is 0 Å². The molecule has 0 aliphatic rings. The highest BCUT2D eigenvalue weighted by molar-refractivity contribution is 5.82. The number of amides is 2. The van der Waals surface area contributed by atoms with Crippen LogP contribution < -0.4 is 20.6 Å². The molecule has 2 aromatic carbocycles. The molecule has 0 aliphatic carbocycles. The summed E-state index contributed by atoms with van der Waals surface area (Å²) >= 11 is 0. The van der Waals surface area contributed by atoms with Crippen molar-refractivity contribution in [1.29, 1.82) is 0 Å². The Labute approximate surface area is 139 Å². The molecule has 0 saturated carbocycles. The van der Waals surface area contributed by atoms with Gasteiger partial charge in [-0.05, 0) is 36.8 Å². The molecule has 0 aromatic heterocycles. The molecule has 2 amide bonds. The molecule has 2 aromatic rings. The van der Waals surface area contributed by atoms with Gasteiger partial charge in [-0.2, -0.15) is 5.10 Å². The Bertz CT molecular complexity index is 735. The number of nitrogens with one attached hydrogen (secondary N) is 1. The zero-order valence-corrected chi connectivity index (χ0v) is 13.2. The average Bonchev–Trinajstić information content (AvgIpc) is 2.55. The second kappa shape index (κ2) is 8.52.